The average Bonchev–Trinajstić information content (AvgIpc) is 2.59. The molecule has 134 valence electrons. The summed E-state index contributed by atoms with van der Waals surface area (Å²) in [5, 5.41) is 0. The molecule has 2 aromatic heterocycles. The Hall–Kier alpha value is -3.16. The van der Waals surface area contributed by atoms with Gasteiger partial charge >= 0.3 is 12.1 Å². The number of carbonyl (C=O) groups is 1. The van der Waals surface area contributed by atoms with Crippen LogP contribution in [-0.4, -0.2) is 15.4 Å². The van der Waals surface area contributed by atoms with Crippen LogP contribution in [-0.2, 0) is 17.5 Å². The van der Waals surface area contributed by atoms with E-state index in [1.807, 2.05) is 6.92 Å². The standard InChI is InChI=1S/C18H13F3N2O3/c1-11-6-7-15-22-12(8-16(24)23(15)9-11)10-26-17(25)13-4-2-3-5-14(13)18(19,20)21/h2-9H,10H2,1H3. The van der Waals surface area contributed by atoms with Gasteiger partial charge in [-0.25, -0.2) is 9.78 Å². The van der Waals surface area contributed by atoms with E-state index in [-0.39, 0.29) is 11.3 Å². The molecule has 0 fully saturated rings. The zero-order valence-electron chi connectivity index (χ0n) is 13.6. The van der Waals surface area contributed by atoms with Crippen LogP contribution in [0.4, 0.5) is 13.2 Å². The highest BCUT2D eigenvalue weighted by molar-refractivity contribution is 5.91. The molecule has 0 aliphatic heterocycles. The first-order valence-corrected chi connectivity index (χ1v) is 7.58. The van der Waals surface area contributed by atoms with E-state index < -0.39 is 29.9 Å². The highest BCUT2D eigenvalue weighted by atomic mass is 19.4. The quantitative estimate of drug-likeness (QED) is 0.670. The number of aromatic nitrogens is 2. The van der Waals surface area contributed by atoms with Gasteiger partial charge in [-0.15, -0.1) is 0 Å². The van der Waals surface area contributed by atoms with E-state index in [9.17, 15) is 22.8 Å². The molecule has 0 radical (unpaired) electrons. The van der Waals surface area contributed by atoms with Crippen LogP contribution in [0.5, 0.6) is 0 Å². The molecule has 26 heavy (non-hydrogen) atoms. The Morgan fingerprint density at radius 2 is 1.92 bits per heavy atom. The van der Waals surface area contributed by atoms with E-state index >= 15 is 0 Å². The average molecular weight is 362 g/mol. The number of fused-ring (bicyclic) bond motifs is 1. The number of nitrogens with zero attached hydrogens (tertiary/aromatic N) is 2. The summed E-state index contributed by atoms with van der Waals surface area (Å²) in [4.78, 5) is 28.3. The van der Waals surface area contributed by atoms with E-state index in [0.29, 0.717) is 5.65 Å². The van der Waals surface area contributed by atoms with Crippen LogP contribution in [0, 0.1) is 6.92 Å². The number of esters is 1. The molecule has 3 aromatic rings. The Balaban J connectivity index is 1.84. The predicted octanol–water partition coefficient (Wildman–Crippen LogP) is 3.38. The molecule has 0 bridgehead atoms. The minimum atomic E-state index is -4.67. The highest BCUT2D eigenvalue weighted by Crippen LogP contribution is 2.32. The Labute approximate surface area is 145 Å². The predicted molar refractivity (Wildman–Crippen MR) is 86.8 cm³/mol. The maximum atomic E-state index is 13.0. The van der Waals surface area contributed by atoms with Crippen molar-refractivity contribution >= 4 is 11.6 Å². The number of ether oxygens (including phenoxy) is 1. The van der Waals surface area contributed by atoms with Crippen LogP contribution < -0.4 is 5.56 Å². The molecule has 0 atom stereocenters. The van der Waals surface area contributed by atoms with Gasteiger partial charge in [0.1, 0.15) is 12.3 Å². The van der Waals surface area contributed by atoms with Gasteiger partial charge in [0.2, 0.25) is 0 Å². The van der Waals surface area contributed by atoms with Crippen molar-refractivity contribution in [1.82, 2.24) is 9.38 Å². The molecule has 5 nitrogen and oxygen atoms in total. The number of rotatable bonds is 3. The largest absolute Gasteiger partial charge is 0.456 e. The van der Waals surface area contributed by atoms with Gasteiger partial charge in [0.15, 0.2) is 0 Å². The number of benzene rings is 1. The van der Waals surface area contributed by atoms with E-state index in [0.717, 1.165) is 17.7 Å². The summed E-state index contributed by atoms with van der Waals surface area (Å²) in [6.45, 7) is 1.41. The fourth-order valence-electron chi connectivity index (χ4n) is 2.46. The monoisotopic (exact) mass is 362 g/mol. The second-order valence-corrected chi connectivity index (χ2v) is 5.64. The van der Waals surface area contributed by atoms with Gasteiger partial charge < -0.3 is 4.74 Å². The fraction of sp³-hybridized carbons (Fsp3) is 0.167. The molecule has 0 unspecified atom stereocenters. The van der Waals surface area contributed by atoms with Crippen LogP contribution in [0.15, 0.2) is 53.5 Å². The molecular weight excluding hydrogens is 349 g/mol. The Morgan fingerprint density at radius 3 is 2.65 bits per heavy atom. The molecule has 1 aromatic carbocycles. The number of hydrogen-bond acceptors (Lipinski definition) is 4. The number of hydrogen-bond donors (Lipinski definition) is 0. The topological polar surface area (TPSA) is 60.7 Å². The highest BCUT2D eigenvalue weighted by Gasteiger charge is 2.35. The summed E-state index contributed by atoms with van der Waals surface area (Å²) in [7, 11) is 0. The molecule has 0 N–H and O–H groups in total. The van der Waals surface area contributed by atoms with Gasteiger partial charge in [0.25, 0.3) is 5.56 Å². The van der Waals surface area contributed by atoms with Crippen LogP contribution >= 0.6 is 0 Å². The second-order valence-electron chi connectivity index (χ2n) is 5.64. The minimum absolute atomic E-state index is 0.150. The molecular formula is C18H13F3N2O3. The third-order valence-corrected chi connectivity index (χ3v) is 3.66. The number of pyridine rings is 1. The van der Waals surface area contributed by atoms with Crippen LogP contribution in [0.25, 0.3) is 5.65 Å². The summed E-state index contributed by atoms with van der Waals surface area (Å²) < 4.78 is 45.2. The fourth-order valence-corrected chi connectivity index (χ4v) is 2.46. The molecule has 3 rings (SSSR count). The van der Waals surface area contributed by atoms with Gasteiger partial charge in [-0.05, 0) is 30.7 Å². The summed E-state index contributed by atoms with van der Waals surface area (Å²) in [5.74, 6) is -1.14. The van der Waals surface area contributed by atoms with Crippen molar-refractivity contribution < 1.29 is 22.7 Å². The lowest BCUT2D eigenvalue weighted by atomic mass is 10.1. The minimum Gasteiger partial charge on any atom is -0.456 e. The van der Waals surface area contributed by atoms with Crippen molar-refractivity contribution in [3.63, 3.8) is 0 Å². The molecule has 0 amide bonds. The first-order chi connectivity index (χ1) is 12.3. The zero-order valence-corrected chi connectivity index (χ0v) is 13.6. The number of halogens is 3. The Bertz CT molecular complexity index is 1040. The summed E-state index contributed by atoms with van der Waals surface area (Å²) in [6, 6.07) is 8.91. The molecule has 0 saturated heterocycles. The van der Waals surface area contributed by atoms with Gasteiger partial charge in [-0.3, -0.25) is 9.20 Å². The Kier molecular flexibility index (Phi) is 4.50. The van der Waals surface area contributed by atoms with E-state index in [2.05, 4.69) is 4.98 Å². The van der Waals surface area contributed by atoms with Gasteiger partial charge in [0.05, 0.1) is 16.8 Å². The van der Waals surface area contributed by atoms with E-state index in [1.165, 1.54) is 22.6 Å². The first-order valence-electron chi connectivity index (χ1n) is 7.58. The smallest absolute Gasteiger partial charge is 0.417 e. The van der Waals surface area contributed by atoms with Gasteiger partial charge in [-0.1, -0.05) is 18.2 Å². The maximum absolute atomic E-state index is 13.0. The molecule has 0 saturated carbocycles. The molecule has 2 heterocycles. The van der Waals surface area contributed by atoms with Crippen molar-refractivity contribution in [2.24, 2.45) is 0 Å². The molecule has 8 heteroatoms. The van der Waals surface area contributed by atoms with Crippen LogP contribution in [0.3, 0.4) is 0 Å². The maximum Gasteiger partial charge on any atom is 0.417 e. The summed E-state index contributed by atoms with van der Waals surface area (Å²) in [6.07, 6.45) is -3.06. The molecule has 0 aliphatic rings. The lowest BCUT2D eigenvalue weighted by Crippen LogP contribution is -2.18. The summed E-state index contributed by atoms with van der Waals surface area (Å²) in [5.41, 5.74) is -0.675. The lowest BCUT2D eigenvalue weighted by Gasteiger charge is -2.12. The zero-order chi connectivity index (χ0) is 18.9. The SMILES string of the molecule is Cc1ccc2nc(COC(=O)c3ccccc3C(F)(F)F)cc(=O)n2c1. The van der Waals surface area contributed by atoms with Crippen molar-refractivity contribution in [2.45, 2.75) is 19.7 Å². The molecule has 0 spiro atoms. The van der Waals surface area contributed by atoms with Crippen molar-refractivity contribution in [3.8, 4) is 0 Å². The second kappa shape index (κ2) is 6.62. The number of carbonyl (C=O) groups excluding carboxylic acids is 1. The normalized spacial score (nSPS) is 11.5. The van der Waals surface area contributed by atoms with Crippen molar-refractivity contribution in [2.75, 3.05) is 0 Å². The van der Waals surface area contributed by atoms with Gasteiger partial charge in [-0.2, -0.15) is 13.2 Å². The first kappa shape index (κ1) is 17.7. The third-order valence-electron chi connectivity index (χ3n) is 3.66. The third kappa shape index (κ3) is 3.58. The van der Waals surface area contributed by atoms with Crippen LogP contribution in [0.1, 0.15) is 27.2 Å². The van der Waals surface area contributed by atoms with Crippen molar-refractivity contribution in [1.29, 1.82) is 0 Å². The lowest BCUT2D eigenvalue weighted by molar-refractivity contribution is -0.138. The number of alkyl halides is 3. The molecule has 0 aliphatic carbocycles. The summed E-state index contributed by atoms with van der Waals surface area (Å²) >= 11 is 0. The van der Waals surface area contributed by atoms with Gasteiger partial charge in [0, 0.05) is 12.3 Å². The van der Waals surface area contributed by atoms with Crippen molar-refractivity contribution in [3.05, 3.63) is 81.4 Å². The van der Waals surface area contributed by atoms with Crippen LogP contribution in [0.2, 0.25) is 0 Å². The van der Waals surface area contributed by atoms with E-state index in [4.69, 9.17) is 4.74 Å². The Morgan fingerprint density at radius 1 is 1.19 bits per heavy atom. The number of aryl methyl sites for hydroxylation is 1. The van der Waals surface area contributed by atoms with E-state index in [1.54, 1.807) is 18.3 Å².